The fraction of sp³-hybridized carbons (Fsp3) is 0.176. The number of nitrogens with zero attached hydrogens (tertiary/aromatic N) is 1. The summed E-state index contributed by atoms with van der Waals surface area (Å²) in [7, 11) is -7.58. The maximum atomic E-state index is 14.6. The van der Waals surface area contributed by atoms with Crippen molar-refractivity contribution < 1.29 is 26.3 Å². The Balaban J connectivity index is 1.92. The van der Waals surface area contributed by atoms with Crippen molar-refractivity contribution >= 4 is 31.6 Å². The number of aryl methyl sites for hydroxylation is 1. The summed E-state index contributed by atoms with van der Waals surface area (Å²) in [5.74, 6) is -1.42. The van der Waals surface area contributed by atoms with Crippen molar-refractivity contribution in [2.75, 3.05) is 15.3 Å². The molecule has 0 spiro atoms. The van der Waals surface area contributed by atoms with Crippen molar-refractivity contribution in [3.8, 4) is 0 Å². The molecule has 3 rings (SSSR count). The number of hydrogen-bond donors (Lipinski definition) is 3. The van der Waals surface area contributed by atoms with Crippen LogP contribution in [0.5, 0.6) is 0 Å². The van der Waals surface area contributed by atoms with Gasteiger partial charge in [-0.25, -0.2) is 21.8 Å². The third-order valence-electron chi connectivity index (χ3n) is 3.94. The first-order valence-electron chi connectivity index (χ1n) is 8.03. The lowest BCUT2D eigenvalue weighted by Gasteiger charge is -2.16. The number of rotatable bonds is 5. The van der Waals surface area contributed by atoms with Crippen LogP contribution in [0, 0.1) is 12.7 Å². The highest BCUT2D eigenvalue weighted by Crippen LogP contribution is 2.28. The normalized spacial score (nSPS) is 15.8. The molecular weight excluding hydrogens is 409 g/mol. The van der Waals surface area contributed by atoms with E-state index in [1.807, 2.05) is 17.7 Å². The van der Waals surface area contributed by atoms with Gasteiger partial charge in [-0.3, -0.25) is 4.72 Å². The van der Waals surface area contributed by atoms with Crippen molar-refractivity contribution in [3.63, 3.8) is 0 Å². The lowest BCUT2D eigenvalue weighted by Crippen LogP contribution is -2.30. The highest BCUT2D eigenvalue weighted by atomic mass is 32.2. The summed E-state index contributed by atoms with van der Waals surface area (Å²) >= 11 is 0. The number of nitrogens with one attached hydrogen (secondary N) is 2. The molecule has 11 heteroatoms. The lowest BCUT2D eigenvalue weighted by molar-refractivity contribution is 0.392. The third kappa shape index (κ3) is 4.37. The largest absolute Gasteiger partial charge is 0.493 e. The highest BCUT2D eigenvalue weighted by molar-refractivity contribution is 7.92. The van der Waals surface area contributed by atoms with Gasteiger partial charge in [-0.1, -0.05) is 18.2 Å². The Labute approximate surface area is 162 Å². The number of benzene rings is 2. The van der Waals surface area contributed by atoms with Crippen LogP contribution in [0.15, 0.2) is 48.5 Å². The molecule has 0 saturated heterocycles. The van der Waals surface area contributed by atoms with Crippen LogP contribution in [0.1, 0.15) is 16.7 Å². The molecule has 0 atom stereocenters. The summed E-state index contributed by atoms with van der Waals surface area (Å²) in [6.07, 6.45) is 2.13. The molecule has 150 valence electrons. The average Bonchev–Trinajstić information content (AvgIpc) is 2.81. The van der Waals surface area contributed by atoms with Crippen LogP contribution >= 0.6 is 0 Å². The van der Waals surface area contributed by atoms with E-state index in [0.29, 0.717) is 21.1 Å². The van der Waals surface area contributed by atoms with Crippen LogP contribution in [-0.2, 0) is 26.7 Å². The smallest absolute Gasteiger partial charge is 0.330 e. The van der Waals surface area contributed by atoms with Gasteiger partial charge < -0.3 is 5.11 Å². The van der Waals surface area contributed by atoms with Crippen molar-refractivity contribution in [2.45, 2.75) is 13.3 Å². The Morgan fingerprint density at radius 3 is 2.50 bits per heavy atom. The molecule has 0 fully saturated rings. The molecule has 0 saturated carbocycles. The second-order valence-electron chi connectivity index (χ2n) is 6.41. The van der Waals surface area contributed by atoms with Crippen LogP contribution in [0.25, 0.3) is 0 Å². The number of aliphatic hydroxyl groups is 1. The Bertz CT molecular complexity index is 1180. The molecule has 0 radical (unpaired) electrons. The summed E-state index contributed by atoms with van der Waals surface area (Å²) in [6, 6.07) is 9.20. The summed E-state index contributed by atoms with van der Waals surface area (Å²) < 4.78 is 66.4. The number of halogens is 1. The fourth-order valence-corrected chi connectivity index (χ4v) is 4.44. The summed E-state index contributed by atoms with van der Waals surface area (Å²) in [4.78, 5) is 0. The first-order chi connectivity index (χ1) is 12.9. The minimum Gasteiger partial charge on any atom is -0.493 e. The maximum Gasteiger partial charge on any atom is 0.330 e. The van der Waals surface area contributed by atoms with Gasteiger partial charge >= 0.3 is 10.2 Å². The summed E-state index contributed by atoms with van der Waals surface area (Å²) in [6.45, 7) is 1.82. The van der Waals surface area contributed by atoms with E-state index in [0.717, 1.165) is 24.1 Å². The monoisotopic (exact) mass is 427 g/mol. The Morgan fingerprint density at radius 2 is 1.93 bits per heavy atom. The van der Waals surface area contributed by atoms with Crippen LogP contribution in [0.2, 0.25) is 0 Å². The van der Waals surface area contributed by atoms with Gasteiger partial charge in [-0.2, -0.15) is 8.42 Å². The van der Waals surface area contributed by atoms with Crippen molar-refractivity contribution in [1.29, 1.82) is 0 Å². The second-order valence-corrected chi connectivity index (χ2v) is 9.71. The van der Waals surface area contributed by atoms with Crippen LogP contribution in [0.4, 0.5) is 15.8 Å². The van der Waals surface area contributed by atoms with E-state index in [9.17, 15) is 26.3 Å². The van der Waals surface area contributed by atoms with Crippen molar-refractivity contribution in [1.82, 2.24) is 4.72 Å². The molecule has 2 aromatic rings. The standard InChI is InChI=1S/C17H18FN3O5S2/c1-11-3-5-13(15(7-11)19-27(2,23)24)8-12-4-6-16(14(18)9-12)21-10-17(22)20-28(21,25)26/h3-7,9-10,19-20,22H,8H2,1-2H3. The molecule has 2 aromatic carbocycles. The number of sulfonamides is 1. The van der Waals surface area contributed by atoms with E-state index in [1.165, 1.54) is 12.1 Å². The first-order valence-corrected chi connectivity index (χ1v) is 11.4. The number of aliphatic hydroxyl groups excluding tert-OH is 1. The maximum absolute atomic E-state index is 14.6. The van der Waals surface area contributed by atoms with Gasteiger partial charge in [-0.05, 0) is 48.2 Å². The summed E-state index contributed by atoms with van der Waals surface area (Å²) in [5, 5.41) is 9.33. The van der Waals surface area contributed by atoms with Crippen LogP contribution in [-0.4, -0.2) is 28.2 Å². The van der Waals surface area contributed by atoms with Gasteiger partial charge in [0, 0.05) is 0 Å². The molecule has 1 aliphatic rings. The average molecular weight is 427 g/mol. The lowest BCUT2D eigenvalue weighted by atomic mass is 10.0. The van der Waals surface area contributed by atoms with Crippen molar-refractivity contribution in [3.05, 3.63) is 71.0 Å². The zero-order valence-corrected chi connectivity index (χ0v) is 16.6. The topological polar surface area (TPSA) is 116 Å². The molecule has 1 aliphatic heterocycles. The van der Waals surface area contributed by atoms with Gasteiger partial charge in [0.1, 0.15) is 5.82 Å². The fourth-order valence-electron chi connectivity index (χ4n) is 2.79. The van der Waals surface area contributed by atoms with Gasteiger partial charge in [-0.15, -0.1) is 0 Å². The summed E-state index contributed by atoms with van der Waals surface area (Å²) in [5.41, 5.74) is 2.15. The minimum absolute atomic E-state index is 0.224. The zero-order valence-electron chi connectivity index (χ0n) is 15.0. The second kappa shape index (κ2) is 6.99. The first kappa shape index (κ1) is 20.0. The van der Waals surface area contributed by atoms with Crippen LogP contribution in [0.3, 0.4) is 0 Å². The Morgan fingerprint density at radius 1 is 1.21 bits per heavy atom. The van der Waals surface area contributed by atoms with E-state index >= 15 is 0 Å². The SMILES string of the molecule is Cc1ccc(Cc2ccc(N3C=C(O)NS3(=O)=O)c(F)c2)c(NS(C)(=O)=O)c1. The Hall–Kier alpha value is -2.79. The molecule has 28 heavy (non-hydrogen) atoms. The number of hydrogen-bond acceptors (Lipinski definition) is 5. The minimum atomic E-state index is -4.09. The van der Waals surface area contributed by atoms with E-state index < -0.39 is 31.9 Å². The molecule has 3 N–H and O–H groups in total. The van der Waals surface area contributed by atoms with Crippen LogP contribution < -0.4 is 13.7 Å². The predicted molar refractivity (Wildman–Crippen MR) is 104 cm³/mol. The van der Waals surface area contributed by atoms with Gasteiger partial charge in [0.05, 0.1) is 23.8 Å². The molecule has 0 aliphatic carbocycles. The quantitative estimate of drug-likeness (QED) is 0.676. The molecule has 0 aromatic heterocycles. The van der Waals surface area contributed by atoms with E-state index in [1.54, 1.807) is 12.1 Å². The van der Waals surface area contributed by atoms with Crippen molar-refractivity contribution in [2.24, 2.45) is 0 Å². The molecule has 0 bridgehead atoms. The zero-order chi connectivity index (χ0) is 20.7. The predicted octanol–water partition coefficient (Wildman–Crippen LogP) is 2.11. The van der Waals surface area contributed by atoms with E-state index in [-0.39, 0.29) is 12.1 Å². The Kier molecular flexibility index (Phi) is 4.98. The molecule has 1 heterocycles. The molecular formula is C17H18FN3O5S2. The molecule has 0 unspecified atom stereocenters. The van der Waals surface area contributed by atoms with Gasteiger partial charge in [0.15, 0.2) is 0 Å². The molecule has 8 nitrogen and oxygen atoms in total. The van der Waals surface area contributed by atoms with Gasteiger partial charge in [0.2, 0.25) is 15.9 Å². The third-order valence-corrected chi connectivity index (χ3v) is 5.81. The van der Waals surface area contributed by atoms with E-state index in [2.05, 4.69) is 4.72 Å². The highest BCUT2D eigenvalue weighted by Gasteiger charge is 2.30. The van der Waals surface area contributed by atoms with Gasteiger partial charge in [0.25, 0.3) is 0 Å². The van der Waals surface area contributed by atoms with E-state index in [4.69, 9.17) is 0 Å². The number of anilines is 2. The molecule has 0 amide bonds.